The summed E-state index contributed by atoms with van der Waals surface area (Å²) in [7, 11) is 0. The number of unbranched alkanes of at least 4 members (excludes halogenated alkanes) is 2. The zero-order valence-electron chi connectivity index (χ0n) is 16.6. The molecule has 2 amide bonds. The number of nitrogens with one attached hydrogen (secondary N) is 1. The van der Waals surface area contributed by atoms with Crippen LogP contribution in [0.3, 0.4) is 0 Å². The SMILES string of the molecule is CCCCCc1ccc(C2=CC3=CN(C4CC(O)C(CO)O4)C(=O)NC3O2)cc1. The van der Waals surface area contributed by atoms with Crippen LogP contribution in [0.4, 0.5) is 4.79 Å². The van der Waals surface area contributed by atoms with Gasteiger partial charge in [0.1, 0.15) is 18.1 Å². The van der Waals surface area contributed by atoms with Crippen LogP contribution in [0, 0.1) is 0 Å². The Balaban J connectivity index is 1.46. The topological polar surface area (TPSA) is 91.3 Å². The lowest BCUT2D eigenvalue weighted by Gasteiger charge is -2.31. The lowest BCUT2D eigenvalue weighted by molar-refractivity contribution is -0.0556. The van der Waals surface area contributed by atoms with Gasteiger partial charge in [-0.3, -0.25) is 10.2 Å². The molecular formula is C22H28N2O5. The van der Waals surface area contributed by atoms with Crippen LogP contribution >= 0.6 is 0 Å². The van der Waals surface area contributed by atoms with Crippen LogP contribution in [0.5, 0.6) is 0 Å². The van der Waals surface area contributed by atoms with Gasteiger partial charge in [-0.25, -0.2) is 4.79 Å². The first kappa shape index (κ1) is 19.9. The van der Waals surface area contributed by atoms with Crippen molar-refractivity contribution in [3.63, 3.8) is 0 Å². The molecule has 29 heavy (non-hydrogen) atoms. The summed E-state index contributed by atoms with van der Waals surface area (Å²) in [4.78, 5) is 13.9. The first-order chi connectivity index (χ1) is 14.1. The van der Waals surface area contributed by atoms with E-state index in [9.17, 15) is 15.0 Å². The fourth-order valence-corrected chi connectivity index (χ4v) is 3.91. The molecule has 7 nitrogen and oxygen atoms in total. The van der Waals surface area contributed by atoms with E-state index in [0.717, 1.165) is 17.6 Å². The summed E-state index contributed by atoms with van der Waals surface area (Å²) in [6, 6.07) is 7.99. The lowest BCUT2D eigenvalue weighted by atomic mass is 10.0. The second-order valence-electron chi connectivity index (χ2n) is 7.76. The van der Waals surface area contributed by atoms with Crippen molar-refractivity contribution in [1.82, 2.24) is 10.2 Å². The Morgan fingerprint density at radius 3 is 2.72 bits per heavy atom. The van der Waals surface area contributed by atoms with E-state index >= 15 is 0 Å². The number of urea groups is 1. The number of ether oxygens (including phenoxy) is 2. The average Bonchev–Trinajstić information content (AvgIpc) is 3.30. The van der Waals surface area contributed by atoms with Gasteiger partial charge in [0, 0.05) is 23.8 Å². The van der Waals surface area contributed by atoms with Gasteiger partial charge in [-0.2, -0.15) is 0 Å². The molecule has 3 heterocycles. The Hall–Kier alpha value is -2.35. The van der Waals surface area contributed by atoms with Gasteiger partial charge in [0.25, 0.3) is 0 Å². The molecule has 3 aliphatic heterocycles. The van der Waals surface area contributed by atoms with Crippen LogP contribution in [0.2, 0.25) is 0 Å². The number of carbonyl (C=O) groups is 1. The summed E-state index contributed by atoms with van der Waals surface area (Å²) in [6.07, 6.45) is 5.98. The molecule has 156 valence electrons. The third kappa shape index (κ3) is 4.17. The molecule has 3 N–H and O–H groups in total. The van der Waals surface area contributed by atoms with Gasteiger partial charge < -0.3 is 19.7 Å². The molecule has 4 unspecified atom stereocenters. The Morgan fingerprint density at radius 1 is 1.24 bits per heavy atom. The van der Waals surface area contributed by atoms with Gasteiger partial charge in [0.05, 0.1) is 12.7 Å². The van der Waals surface area contributed by atoms with Crippen LogP contribution < -0.4 is 5.32 Å². The molecule has 0 saturated carbocycles. The maximum atomic E-state index is 12.5. The number of benzene rings is 1. The normalized spacial score (nSPS) is 28.5. The third-order valence-corrected chi connectivity index (χ3v) is 5.62. The molecule has 0 aromatic heterocycles. The number of carbonyl (C=O) groups excluding carboxylic acids is 1. The number of aryl methyl sites for hydroxylation is 1. The van der Waals surface area contributed by atoms with Crippen LogP contribution in [0.1, 0.15) is 43.7 Å². The second kappa shape index (κ2) is 8.57. The molecule has 0 radical (unpaired) electrons. The van der Waals surface area contributed by atoms with Gasteiger partial charge in [0.15, 0.2) is 0 Å². The Morgan fingerprint density at radius 2 is 2.03 bits per heavy atom. The summed E-state index contributed by atoms with van der Waals surface area (Å²) in [5.41, 5.74) is 3.10. The molecule has 7 heteroatoms. The fourth-order valence-electron chi connectivity index (χ4n) is 3.91. The zero-order chi connectivity index (χ0) is 20.4. The molecule has 0 aliphatic carbocycles. The van der Waals surface area contributed by atoms with E-state index in [0.29, 0.717) is 5.76 Å². The average molecular weight is 400 g/mol. The highest BCUT2D eigenvalue weighted by Crippen LogP contribution is 2.33. The van der Waals surface area contributed by atoms with Gasteiger partial charge in [-0.1, -0.05) is 44.0 Å². The number of aliphatic hydroxyl groups excluding tert-OH is 2. The largest absolute Gasteiger partial charge is 0.466 e. The summed E-state index contributed by atoms with van der Waals surface area (Å²) in [5.74, 6) is 0.712. The van der Waals surface area contributed by atoms with Crippen molar-refractivity contribution >= 4 is 11.8 Å². The molecule has 3 aliphatic rings. The maximum absolute atomic E-state index is 12.5. The number of rotatable bonds is 7. The predicted molar refractivity (Wildman–Crippen MR) is 107 cm³/mol. The molecule has 0 spiro atoms. The number of aliphatic hydroxyl groups is 2. The minimum absolute atomic E-state index is 0.254. The number of fused-ring (bicyclic) bond motifs is 1. The number of amides is 2. The van der Waals surface area contributed by atoms with Crippen molar-refractivity contribution in [2.75, 3.05) is 6.61 Å². The van der Waals surface area contributed by atoms with Crippen LogP contribution in [-0.2, 0) is 15.9 Å². The van der Waals surface area contributed by atoms with Crippen LogP contribution in [-0.4, -0.2) is 52.4 Å². The number of hydrogen-bond acceptors (Lipinski definition) is 5. The zero-order valence-corrected chi connectivity index (χ0v) is 16.6. The van der Waals surface area contributed by atoms with E-state index in [1.807, 2.05) is 18.2 Å². The fraction of sp³-hybridized carbons (Fsp3) is 0.500. The van der Waals surface area contributed by atoms with E-state index in [1.165, 1.54) is 29.7 Å². The minimum Gasteiger partial charge on any atom is -0.466 e. The Kier molecular flexibility index (Phi) is 5.89. The maximum Gasteiger partial charge on any atom is 0.326 e. The van der Waals surface area contributed by atoms with Crippen molar-refractivity contribution in [1.29, 1.82) is 0 Å². The van der Waals surface area contributed by atoms with E-state index in [1.54, 1.807) is 6.20 Å². The Labute approximate surface area is 170 Å². The molecule has 1 saturated heterocycles. The van der Waals surface area contributed by atoms with Gasteiger partial charge in [-0.15, -0.1) is 0 Å². The summed E-state index contributed by atoms with van der Waals surface area (Å²) in [5, 5.41) is 22.0. The quantitative estimate of drug-likeness (QED) is 0.612. The first-order valence-electron chi connectivity index (χ1n) is 10.3. The summed E-state index contributed by atoms with van der Waals surface area (Å²) >= 11 is 0. The van der Waals surface area contributed by atoms with E-state index in [2.05, 4.69) is 24.4 Å². The van der Waals surface area contributed by atoms with E-state index in [4.69, 9.17) is 9.47 Å². The smallest absolute Gasteiger partial charge is 0.326 e. The van der Waals surface area contributed by atoms with E-state index in [-0.39, 0.29) is 19.1 Å². The second-order valence-corrected chi connectivity index (χ2v) is 7.76. The molecular weight excluding hydrogens is 372 g/mol. The summed E-state index contributed by atoms with van der Waals surface area (Å²) < 4.78 is 11.5. The molecule has 0 bridgehead atoms. The first-order valence-corrected chi connectivity index (χ1v) is 10.3. The number of nitrogens with zero attached hydrogens (tertiary/aromatic N) is 1. The van der Waals surface area contributed by atoms with Crippen molar-refractivity contribution in [3.05, 3.63) is 53.2 Å². The standard InChI is InChI=1S/C22H28N2O5/c1-2-3-4-5-14-6-8-15(9-7-14)18-10-16-12-24(22(27)23-21(16)29-18)20-11-17(26)19(13-25)28-20/h6-10,12,17,19-21,25-26H,2-5,11,13H2,1H3,(H,23,27). The van der Waals surface area contributed by atoms with Crippen LogP contribution in [0.15, 0.2) is 42.1 Å². The predicted octanol–water partition coefficient (Wildman–Crippen LogP) is 2.49. The summed E-state index contributed by atoms with van der Waals surface area (Å²) in [6.45, 7) is 1.92. The Bertz CT molecular complexity index is 804. The van der Waals surface area contributed by atoms with Crippen molar-refractivity contribution in [3.8, 4) is 0 Å². The molecule has 1 fully saturated rings. The highest BCUT2D eigenvalue weighted by atomic mass is 16.5. The van der Waals surface area contributed by atoms with E-state index < -0.39 is 24.7 Å². The highest BCUT2D eigenvalue weighted by Gasteiger charge is 2.41. The molecule has 4 atom stereocenters. The number of hydrogen-bond donors (Lipinski definition) is 3. The molecule has 1 aromatic rings. The van der Waals surface area contributed by atoms with Crippen LogP contribution in [0.25, 0.3) is 5.76 Å². The highest BCUT2D eigenvalue weighted by molar-refractivity contribution is 5.80. The van der Waals surface area contributed by atoms with Gasteiger partial charge >= 0.3 is 6.03 Å². The molecule has 4 rings (SSSR count). The van der Waals surface area contributed by atoms with Crippen molar-refractivity contribution in [2.45, 2.75) is 63.7 Å². The van der Waals surface area contributed by atoms with Gasteiger partial charge in [-0.05, 0) is 24.5 Å². The molecule has 1 aromatic carbocycles. The lowest BCUT2D eigenvalue weighted by Crippen LogP contribution is -2.51. The van der Waals surface area contributed by atoms with Crippen molar-refractivity contribution < 1.29 is 24.5 Å². The van der Waals surface area contributed by atoms with Crippen molar-refractivity contribution in [2.24, 2.45) is 0 Å². The van der Waals surface area contributed by atoms with Gasteiger partial charge in [0.2, 0.25) is 6.23 Å². The minimum atomic E-state index is -0.796. The monoisotopic (exact) mass is 400 g/mol. The third-order valence-electron chi connectivity index (χ3n) is 5.62.